The number of rotatable bonds is 6. The molecular formula is C9H15ClN4O2S. The average Bonchev–Trinajstić information content (AvgIpc) is 2.13. The van der Waals surface area contributed by atoms with Crippen molar-refractivity contribution in [3.05, 3.63) is 17.3 Å². The minimum absolute atomic E-state index is 0.321. The number of nitrogens with two attached hydrogens (primary N) is 1. The predicted octanol–water partition coefficient (Wildman–Crippen LogP) is 0.668. The van der Waals surface area contributed by atoms with E-state index < -0.39 is 10.0 Å². The first-order chi connectivity index (χ1) is 7.87. The maximum absolute atomic E-state index is 10.8. The third kappa shape index (κ3) is 6.30. The van der Waals surface area contributed by atoms with E-state index in [4.69, 9.17) is 17.3 Å². The number of sulfonamides is 1. The van der Waals surface area contributed by atoms with Crippen LogP contribution in [0.3, 0.4) is 0 Å². The maximum atomic E-state index is 10.8. The van der Waals surface area contributed by atoms with Crippen LogP contribution in [0, 0.1) is 0 Å². The molecule has 1 heterocycles. The number of halogens is 1. The Kier molecular flexibility index (Phi) is 4.98. The SMILES string of the molecule is CS(=O)(=O)NCCCNc1cc(N)cc(Cl)n1. The van der Waals surface area contributed by atoms with E-state index in [0.29, 0.717) is 36.2 Å². The van der Waals surface area contributed by atoms with Crippen molar-refractivity contribution < 1.29 is 8.42 Å². The summed E-state index contributed by atoms with van der Waals surface area (Å²) in [6.07, 6.45) is 1.76. The molecule has 0 spiro atoms. The van der Waals surface area contributed by atoms with E-state index in [2.05, 4.69) is 15.0 Å². The van der Waals surface area contributed by atoms with Crippen LogP contribution in [0.5, 0.6) is 0 Å². The van der Waals surface area contributed by atoms with Crippen LogP contribution in [-0.4, -0.2) is 32.7 Å². The highest BCUT2D eigenvalue weighted by Crippen LogP contribution is 2.15. The number of hydrogen-bond donors (Lipinski definition) is 3. The molecule has 0 fully saturated rings. The molecule has 8 heteroatoms. The van der Waals surface area contributed by atoms with Crippen molar-refractivity contribution in [1.82, 2.24) is 9.71 Å². The first-order valence-corrected chi connectivity index (χ1v) is 7.25. The summed E-state index contributed by atoms with van der Waals surface area (Å²) in [5.41, 5.74) is 6.12. The van der Waals surface area contributed by atoms with Gasteiger partial charge in [-0.15, -0.1) is 0 Å². The largest absolute Gasteiger partial charge is 0.399 e. The Morgan fingerprint density at radius 1 is 1.41 bits per heavy atom. The lowest BCUT2D eigenvalue weighted by Crippen LogP contribution is -2.24. The van der Waals surface area contributed by atoms with Crippen molar-refractivity contribution >= 4 is 33.1 Å². The summed E-state index contributed by atoms with van der Waals surface area (Å²) in [7, 11) is -3.12. The standard InChI is InChI=1S/C9H15ClN4O2S/c1-17(15,16)13-4-2-3-12-9-6-7(11)5-8(10)14-9/h5-6,13H,2-4H2,1H3,(H3,11,12,14). The lowest BCUT2D eigenvalue weighted by Gasteiger charge is -2.07. The van der Waals surface area contributed by atoms with Gasteiger partial charge >= 0.3 is 0 Å². The monoisotopic (exact) mass is 278 g/mol. The molecule has 1 aromatic rings. The van der Waals surface area contributed by atoms with E-state index in [0.717, 1.165) is 6.26 Å². The third-order valence-electron chi connectivity index (χ3n) is 1.84. The number of pyridine rings is 1. The quantitative estimate of drug-likeness (QED) is 0.525. The molecule has 0 saturated carbocycles. The molecular weight excluding hydrogens is 264 g/mol. The van der Waals surface area contributed by atoms with Crippen LogP contribution in [0.2, 0.25) is 5.15 Å². The van der Waals surface area contributed by atoms with Crippen molar-refractivity contribution in [1.29, 1.82) is 0 Å². The highest BCUT2D eigenvalue weighted by Gasteiger charge is 2.00. The molecule has 4 N–H and O–H groups in total. The fraction of sp³-hybridized carbons (Fsp3) is 0.444. The fourth-order valence-corrected chi connectivity index (χ4v) is 1.90. The number of aromatic nitrogens is 1. The third-order valence-corrected chi connectivity index (χ3v) is 2.76. The van der Waals surface area contributed by atoms with Gasteiger partial charge in [-0.2, -0.15) is 0 Å². The average molecular weight is 279 g/mol. The first-order valence-electron chi connectivity index (χ1n) is 4.98. The second kappa shape index (κ2) is 6.04. The van der Waals surface area contributed by atoms with E-state index in [-0.39, 0.29) is 0 Å². The zero-order chi connectivity index (χ0) is 12.9. The smallest absolute Gasteiger partial charge is 0.208 e. The minimum Gasteiger partial charge on any atom is -0.399 e. The maximum Gasteiger partial charge on any atom is 0.208 e. The Hall–Kier alpha value is -1.05. The van der Waals surface area contributed by atoms with Crippen LogP contribution in [0.15, 0.2) is 12.1 Å². The van der Waals surface area contributed by atoms with Gasteiger partial charge in [-0.05, 0) is 12.5 Å². The number of nitrogens with zero attached hydrogens (tertiary/aromatic N) is 1. The Balaban J connectivity index is 2.31. The molecule has 6 nitrogen and oxygen atoms in total. The van der Waals surface area contributed by atoms with Gasteiger partial charge in [0.25, 0.3) is 0 Å². The van der Waals surface area contributed by atoms with Crippen LogP contribution in [0.1, 0.15) is 6.42 Å². The molecule has 17 heavy (non-hydrogen) atoms. The van der Waals surface area contributed by atoms with E-state index in [1.54, 1.807) is 12.1 Å². The molecule has 0 atom stereocenters. The lowest BCUT2D eigenvalue weighted by atomic mass is 10.4. The molecule has 0 unspecified atom stereocenters. The summed E-state index contributed by atoms with van der Waals surface area (Å²) >= 11 is 5.73. The van der Waals surface area contributed by atoms with E-state index in [9.17, 15) is 8.42 Å². The molecule has 0 aliphatic rings. The highest BCUT2D eigenvalue weighted by molar-refractivity contribution is 7.88. The molecule has 0 aliphatic carbocycles. The van der Waals surface area contributed by atoms with Gasteiger partial charge in [0.1, 0.15) is 11.0 Å². The number of hydrogen-bond acceptors (Lipinski definition) is 5. The van der Waals surface area contributed by atoms with Gasteiger partial charge in [-0.1, -0.05) is 11.6 Å². The van der Waals surface area contributed by atoms with Crippen molar-refractivity contribution in [3.63, 3.8) is 0 Å². The molecule has 0 aromatic carbocycles. The van der Waals surface area contributed by atoms with E-state index >= 15 is 0 Å². The summed E-state index contributed by atoms with van der Waals surface area (Å²) in [4.78, 5) is 4.02. The summed E-state index contributed by atoms with van der Waals surface area (Å²) in [6, 6.07) is 3.22. The summed E-state index contributed by atoms with van der Waals surface area (Å²) < 4.78 is 23.9. The zero-order valence-electron chi connectivity index (χ0n) is 9.40. The van der Waals surface area contributed by atoms with E-state index in [1.165, 1.54) is 0 Å². The fourth-order valence-electron chi connectivity index (χ4n) is 1.17. The van der Waals surface area contributed by atoms with E-state index in [1.807, 2.05) is 0 Å². The van der Waals surface area contributed by atoms with Crippen molar-refractivity contribution in [2.24, 2.45) is 0 Å². The molecule has 0 saturated heterocycles. The van der Waals surface area contributed by atoms with Gasteiger partial charge in [0, 0.05) is 24.8 Å². The molecule has 1 aromatic heterocycles. The van der Waals surface area contributed by atoms with Gasteiger partial charge in [-0.3, -0.25) is 0 Å². The van der Waals surface area contributed by atoms with Crippen LogP contribution in [0.4, 0.5) is 11.5 Å². The summed E-state index contributed by atoms with van der Waals surface area (Å²) in [5.74, 6) is 0.578. The van der Waals surface area contributed by atoms with Crippen molar-refractivity contribution in [2.45, 2.75) is 6.42 Å². The molecule has 0 aliphatic heterocycles. The number of anilines is 2. The second-order valence-electron chi connectivity index (χ2n) is 3.56. The molecule has 0 bridgehead atoms. The zero-order valence-corrected chi connectivity index (χ0v) is 11.0. The topological polar surface area (TPSA) is 97.1 Å². The molecule has 0 radical (unpaired) electrons. The second-order valence-corrected chi connectivity index (χ2v) is 5.78. The Bertz CT molecular complexity index is 458. The van der Waals surface area contributed by atoms with Crippen LogP contribution >= 0.6 is 11.6 Å². The minimum atomic E-state index is -3.12. The highest BCUT2D eigenvalue weighted by atomic mass is 35.5. The molecule has 96 valence electrons. The van der Waals surface area contributed by atoms with Gasteiger partial charge in [0.05, 0.1) is 6.26 Å². The van der Waals surface area contributed by atoms with Crippen molar-refractivity contribution in [2.75, 3.05) is 30.4 Å². The Morgan fingerprint density at radius 3 is 2.71 bits per heavy atom. The van der Waals surface area contributed by atoms with Gasteiger partial charge in [-0.25, -0.2) is 18.1 Å². The first kappa shape index (κ1) is 14.0. The van der Waals surface area contributed by atoms with Gasteiger partial charge < -0.3 is 11.1 Å². The van der Waals surface area contributed by atoms with Crippen LogP contribution in [-0.2, 0) is 10.0 Å². The number of nitrogen functional groups attached to an aromatic ring is 1. The Labute approximate surface area is 106 Å². The predicted molar refractivity (Wildman–Crippen MR) is 69.6 cm³/mol. The summed E-state index contributed by atoms with van der Waals surface area (Å²) in [6.45, 7) is 0.956. The molecule has 0 amide bonds. The Morgan fingerprint density at radius 2 is 2.12 bits per heavy atom. The van der Waals surface area contributed by atoms with Gasteiger partial charge in [0.2, 0.25) is 10.0 Å². The van der Waals surface area contributed by atoms with Crippen LogP contribution < -0.4 is 15.8 Å². The van der Waals surface area contributed by atoms with Gasteiger partial charge in [0.15, 0.2) is 0 Å². The normalized spacial score (nSPS) is 11.4. The number of nitrogens with one attached hydrogen (secondary N) is 2. The summed E-state index contributed by atoms with van der Waals surface area (Å²) in [5, 5.41) is 3.32. The van der Waals surface area contributed by atoms with Crippen molar-refractivity contribution in [3.8, 4) is 0 Å². The molecule has 1 rings (SSSR count). The van der Waals surface area contributed by atoms with Crippen LogP contribution in [0.25, 0.3) is 0 Å². The lowest BCUT2D eigenvalue weighted by molar-refractivity contribution is 0.586.